The van der Waals surface area contributed by atoms with Crippen molar-refractivity contribution in [3.63, 3.8) is 0 Å². The number of aliphatic hydroxyl groups excluding tert-OH is 1. The van der Waals surface area contributed by atoms with Crippen molar-refractivity contribution in [2.45, 2.75) is 101 Å². The minimum atomic E-state index is -1.16. The van der Waals surface area contributed by atoms with E-state index >= 15 is 0 Å². The lowest BCUT2D eigenvalue weighted by atomic mass is 9.90. The van der Waals surface area contributed by atoms with Gasteiger partial charge >= 0.3 is 17.9 Å². The average molecular weight is 471 g/mol. The summed E-state index contributed by atoms with van der Waals surface area (Å²) in [5.41, 5.74) is 0. The molecule has 0 aromatic carbocycles. The number of aliphatic hydroxyl groups is 1. The molecule has 1 saturated carbocycles. The van der Waals surface area contributed by atoms with Gasteiger partial charge in [-0.3, -0.25) is 14.4 Å². The molecule has 3 rings (SSSR count). The van der Waals surface area contributed by atoms with E-state index in [1.54, 1.807) is 12.2 Å². The molecular weight excluding hydrogens is 436 g/mol. The van der Waals surface area contributed by atoms with Crippen LogP contribution in [0.1, 0.15) is 58.8 Å². The normalized spacial score (nSPS) is 31.7. The van der Waals surface area contributed by atoms with Gasteiger partial charge in [0.2, 0.25) is 0 Å². The summed E-state index contributed by atoms with van der Waals surface area (Å²) in [5.74, 6) is -2.20. The lowest BCUT2D eigenvalue weighted by Gasteiger charge is -2.42. The standard InChI is InChI=1S/C23H34O10/c1-14(24)29-13-16(26)19-21-22(33-23(32-21)11-7-4-8-12-23)20(30-15(2)25)17(31-19)9-5-6-10-18(27)28-3/h5-6,16-17,19-22,26H,4,7-13H2,1-3H3/b6-5+/t16-,17+,19+,20?,21-,22?/m1/s1. The Bertz CT molecular complexity index is 729. The van der Waals surface area contributed by atoms with Gasteiger partial charge in [0.15, 0.2) is 11.9 Å². The topological polar surface area (TPSA) is 127 Å². The Hall–Kier alpha value is -2.01. The second-order valence-corrected chi connectivity index (χ2v) is 8.71. The van der Waals surface area contributed by atoms with Crippen molar-refractivity contribution in [2.75, 3.05) is 13.7 Å². The van der Waals surface area contributed by atoms with E-state index in [1.165, 1.54) is 21.0 Å². The molecule has 2 saturated heterocycles. The minimum absolute atomic E-state index is 0.0920. The molecule has 0 amide bonds. The van der Waals surface area contributed by atoms with Gasteiger partial charge in [0.25, 0.3) is 0 Å². The highest BCUT2D eigenvalue weighted by Gasteiger charge is 2.60. The van der Waals surface area contributed by atoms with Crippen LogP contribution in [0.5, 0.6) is 0 Å². The number of hydrogen-bond donors (Lipinski definition) is 1. The molecule has 0 aromatic rings. The summed E-state index contributed by atoms with van der Waals surface area (Å²) in [6.45, 7) is 2.31. The predicted molar refractivity (Wildman–Crippen MR) is 113 cm³/mol. The van der Waals surface area contributed by atoms with Gasteiger partial charge in [-0.15, -0.1) is 0 Å². The molecule has 1 N–H and O–H groups in total. The molecule has 3 aliphatic rings. The summed E-state index contributed by atoms with van der Waals surface area (Å²) < 4.78 is 34.2. The Morgan fingerprint density at radius 3 is 2.39 bits per heavy atom. The third-order valence-electron chi connectivity index (χ3n) is 6.17. The monoisotopic (exact) mass is 470 g/mol. The molecule has 2 heterocycles. The fourth-order valence-electron chi connectivity index (χ4n) is 4.69. The minimum Gasteiger partial charge on any atom is -0.469 e. The SMILES string of the molecule is COC(=O)C/C=C/C[C@@H]1O[C@@H]([C@H](O)COC(C)=O)[C@H]2OC3(CCCCC3)OC2C1OC(C)=O. The Kier molecular flexibility index (Phi) is 8.86. The van der Waals surface area contributed by atoms with E-state index in [0.29, 0.717) is 19.3 Å². The van der Waals surface area contributed by atoms with Crippen molar-refractivity contribution in [2.24, 2.45) is 0 Å². The molecule has 10 nitrogen and oxygen atoms in total. The first kappa shape index (κ1) is 25.6. The Balaban J connectivity index is 1.83. The third-order valence-corrected chi connectivity index (χ3v) is 6.17. The third kappa shape index (κ3) is 6.53. The Labute approximate surface area is 193 Å². The van der Waals surface area contributed by atoms with Crippen molar-refractivity contribution in [1.82, 2.24) is 0 Å². The Morgan fingerprint density at radius 2 is 1.76 bits per heavy atom. The molecule has 186 valence electrons. The molecule has 0 radical (unpaired) electrons. The largest absolute Gasteiger partial charge is 0.469 e. The van der Waals surface area contributed by atoms with E-state index < -0.39 is 54.3 Å². The highest BCUT2D eigenvalue weighted by atomic mass is 16.8. The van der Waals surface area contributed by atoms with Crippen LogP contribution >= 0.6 is 0 Å². The van der Waals surface area contributed by atoms with Gasteiger partial charge in [0.05, 0.1) is 13.5 Å². The van der Waals surface area contributed by atoms with E-state index in [-0.39, 0.29) is 19.0 Å². The second-order valence-electron chi connectivity index (χ2n) is 8.71. The zero-order chi connectivity index (χ0) is 24.0. The summed E-state index contributed by atoms with van der Waals surface area (Å²) in [4.78, 5) is 34.5. The highest BCUT2D eigenvalue weighted by Crippen LogP contribution is 2.46. The number of hydrogen-bond acceptors (Lipinski definition) is 10. The van der Waals surface area contributed by atoms with Crippen molar-refractivity contribution < 1.29 is 47.9 Å². The van der Waals surface area contributed by atoms with E-state index in [0.717, 1.165) is 19.3 Å². The first-order valence-electron chi connectivity index (χ1n) is 11.5. The number of methoxy groups -OCH3 is 1. The summed E-state index contributed by atoms with van der Waals surface area (Å²) in [5, 5.41) is 10.8. The zero-order valence-electron chi connectivity index (χ0n) is 19.4. The molecule has 3 fully saturated rings. The first-order valence-corrected chi connectivity index (χ1v) is 11.5. The molecule has 10 heteroatoms. The molecule has 6 atom stereocenters. The summed E-state index contributed by atoms with van der Waals surface area (Å²) in [6.07, 6.45) is 3.32. The molecule has 2 aliphatic heterocycles. The van der Waals surface area contributed by atoms with Gasteiger partial charge in [-0.2, -0.15) is 0 Å². The average Bonchev–Trinajstić information content (AvgIpc) is 3.14. The van der Waals surface area contributed by atoms with E-state index in [9.17, 15) is 19.5 Å². The molecule has 1 aliphatic carbocycles. The van der Waals surface area contributed by atoms with Crippen molar-refractivity contribution >= 4 is 17.9 Å². The van der Waals surface area contributed by atoms with Crippen LogP contribution < -0.4 is 0 Å². The van der Waals surface area contributed by atoms with E-state index in [2.05, 4.69) is 4.74 Å². The number of ether oxygens (including phenoxy) is 6. The maximum atomic E-state index is 11.9. The number of fused-ring (bicyclic) bond motifs is 1. The summed E-state index contributed by atoms with van der Waals surface area (Å²) in [7, 11) is 1.31. The molecular formula is C23H34O10. The second kappa shape index (κ2) is 11.4. The molecule has 0 aromatic heterocycles. The highest BCUT2D eigenvalue weighted by molar-refractivity contribution is 5.70. The van der Waals surface area contributed by atoms with Crippen LogP contribution in [0.2, 0.25) is 0 Å². The number of carbonyl (C=O) groups excluding carboxylic acids is 3. The van der Waals surface area contributed by atoms with Crippen LogP contribution in [0.15, 0.2) is 12.2 Å². The smallest absolute Gasteiger partial charge is 0.309 e. The lowest BCUT2D eigenvalue weighted by molar-refractivity contribution is -0.227. The van der Waals surface area contributed by atoms with Gasteiger partial charge in [-0.05, 0) is 19.3 Å². The van der Waals surface area contributed by atoms with Gasteiger partial charge in [-0.1, -0.05) is 18.6 Å². The zero-order valence-corrected chi connectivity index (χ0v) is 19.4. The van der Waals surface area contributed by atoms with Crippen LogP contribution in [0, 0.1) is 0 Å². The first-order chi connectivity index (χ1) is 15.7. The van der Waals surface area contributed by atoms with Crippen molar-refractivity contribution in [1.29, 1.82) is 0 Å². The van der Waals surface area contributed by atoms with Crippen LogP contribution in [-0.4, -0.2) is 79.1 Å². The van der Waals surface area contributed by atoms with Crippen LogP contribution in [0.25, 0.3) is 0 Å². The fourth-order valence-corrected chi connectivity index (χ4v) is 4.69. The van der Waals surface area contributed by atoms with Crippen LogP contribution in [0.4, 0.5) is 0 Å². The van der Waals surface area contributed by atoms with Crippen molar-refractivity contribution in [3.8, 4) is 0 Å². The van der Waals surface area contributed by atoms with Crippen LogP contribution in [0.3, 0.4) is 0 Å². The Morgan fingerprint density at radius 1 is 1.06 bits per heavy atom. The van der Waals surface area contributed by atoms with Crippen molar-refractivity contribution in [3.05, 3.63) is 12.2 Å². The van der Waals surface area contributed by atoms with Crippen LogP contribution in [-0.2, 0) is 42.8 Å². The summed E-state index contributed by atoms with van der Waals surface area (Å²) >= 11 is 0. The molecule has 2 unspecified atom stereocenters. The number of carbonyl (C=O) groups is 3. The van der Waals surface area contributed by atoms with E-state index in [4.69, 9.17) is 23.7 Å². The maximum absolute atomic E-state index is 11.9. The molecule has 1 spiro atoms. The molecule has 33 heavy (non-hydrogen) atoms. The van der Waals surface area contributed by atoms with E-state index in [1.807, 2.05) is 0 Å². The van der Waals surface area contributed by atoms with Gasteiger partial charge in [0.1, 0.15) is 37.1 Å². The quantitative estimate of drug-likeness (QED) is 0.317. The number of esters is 3. The maximum Gasteiger partial charge on any atom is 0.309 e. The summed E-state index contributed by atoms with van der Waals surface area (Å²) in [6, 6.07) is 0. The van der Waals surface area contributed by atoms with Gasteiger partial charge in [0, 0.05) is 26.7 Å². The lowest BCUT2D eigenvalue weighted by Crippen LogP contribution is -2.61. The fraction of sp³-hybridized carbons (Fsp3) is 0.783. The number of rotatable bonds is 8. The van der Waals surface area contributed by atoms with Gasteiger partial charge < -0.3 is 33.5 Å². The molecule has 0 bridgehead atoms. The van der Waals surface area contributed by atoms with Gasteiger partial charge in [-0.25, -0.2) is 0 Å². The predicted octanol–water partition coefficient (Wildman–Crippen LogP) is 1.56.